The van der Waals surface area contributed by atoms with Gasteiger partial charge in [0.2, 0.25) is 5.95 Å². The van der Waals surface area contributed by atoms with Gasteiger partial charge >= 0.3 is 0 Å². The fraction of sp³-hybridized carbons (Fsp3) is 0.613. The second-order valence-corrected chi connectivity index (χ2v) is 12.3. The predicted molar refractivity (Wildman–Crippen MR) is 153 cm³/mol. The summed E-state index contributed by atoms with van der Waals surface area (Å²) in [4.78, 5) is 27.3. The van der Waals surface area contributed by atoms with Gasteiger partial charge in [0.25, 0.3) is 0 Å². The second-order valence-electron chi connectivity index (χ2n) is 12.3. The zero-order chi connectivity index (χ0) is 28.3. The predicted octanol–water partition coefficient (Wildman–Crippen LogP) is 5.63. The van der Waals surface area contributed by atoms with Gasteiger partial charge in [-0.05, 0) is 101 Å². The van der Waals surface area contributed by atoms with Crippen molar-refractivity contribution in [2.45, 2.75) is 89.2 Å². The van der Waals surface area contributed by atoms with Gasteiger partial charge in [0.15, 0.2) is 5.65 Å². The summed E-state index contributed by atoms with van der Waals surface area (Å²) in [6.07, 6.45) is 11.6. The molecule has 1 aliphatic heterocycles. The number of carbonyl (C=O) groups is 1. The molecule has 3 aromatic rings. The Labute approximate surface area is 239 Å². The summed E-state index contributed by atoms with van der Waals surface area (Å²) in [6, 6.07) is 3.77. The highest BCUT2D eigenvalue weighted by atomic mass is 19.1. The minimum absolute atomic E-state index is 0.00663. The molecular weight excluding hydrogens is 526 g/mol. The molecule has 3 fully saturated rings. The third-order valence-corrected chi connectivity index (χ3v) is 9.44. The quantitative estimate of drug-likeness (QED) is 0.325. The SMILES string of the molecule is O=C(CC1CCNCC1)C1CCC(n2c(Nc3c(F)cccc3F)nc3cnc(CC4CCC(O)CC4)nc32)CC1. The molecule has 1 saturated heterocycles. The summed E-state index contributed by atoms with van der Waals surface area (Å²) in [5.41, 5.74) is 0.967. The lowest BCUT2D eigenvalue weighted by Crippen LogP contribution is -2.31. The first kappa shape index (κ1) is 28.2. The van der Waals surface area contributed by atoms with E-state index < -0.39 is 11.6 Å². The van der Waals surface area contributed by atoms with Crippen molar-refractivity contribution >= 4 is 28.6 Å². The van der Waals surface area contributed by atoms with Crippen LogP contribution in [0.25, 0.3) is 11.2 Å². The summed E-state index contributed by atoms with van der Waals surface area (Å²) >= 11 is 0. The molecular formula is C31H40F2N6O2. The zero-order valence-corrected chi connectivity index (χ0v) is 23.5. The van der Waals surface area contributed by atoms with Crippen molar-refractivity contribution in [3.05, 3.63) is 41.9 Å². The third kappa shape index (κ3) is 6.43. The molecule has 0 radical (unpaired) electrons. The molecule has 2 saturated carbocycles. The number of para-hydroxylation sites is 1. The number of aromatic nitrogens is 4. The lowest BCUT2D eigenvalue weighted by molar-refractivity contribution is -0.125. The van der Waals surface area contributed by atoms with Gasteiger partial charge in [0.05, 0.1) is 12.3 Å². The lowest BCUT2D eigenvalue weighted by atomic mass is 9.79. The molecule has 2 aliphatic carbocycles. The van der Waals surface area contributed by atoms with Gasteiger partial charge in [-0.1, -0.05) is 6.07 Å². The fourth-order valence-corrected chi connectivity index (χ4v) is 6.99. The van der Waals surface area contributed by atoms with Crippen molar-refractivity contribution in [1.82, 2.24) is 24.8 Å². The first-order valence-electron chi connectivity index (χ1n) is 15.3. The molecule has 3 aliphatic rings. The number of halogens is 2. The first-order valence-corrected chi connectivity index (χ1v) is 15.3. The Balaban J connectivity index is 1.25. The zero-order valence-electron chi connectivity index (χ0n) is 23.5. The molecule has 2 aromatic heterocycles. The Morgan fingerprint density at radius 2 is 1.66 bits per heavy atom. The molecule has 3 heterocycles. The molecule has 0 bridgehead atoms. The molecule has 6 rings (SSSR count). The Bertz CT molecular complexity index is 1340. The highest BCUT2D eigenvalue weighted by molar-refractivity contribution is 5.81. The van der Waals surface area contributed by atoms with E-state index >= 15 is 0 Å². The topological polar surface area (TPSA) is 105 Å². The van der Waals surface area contributed by atoms with Gasteiger partial charge in [-0.2, -0.15) is 0 Å². The fourth-order valence-electron chi connectivity index (χ4n) is 6.99. The Morgan fingerprint density at radius 1 is 0.951 bits per heavy atom. The van der Waals surface area contributed by atoms with Crippen LogP contribution in [0, 0.1) is 29.4 Å². The molecule has 1 aromatic carbocycles. The number of aliphatic hydroxyl groups excluding tert-OH is 1. The minimum Gasteiger partial charge on any atom is -0.393 e. The molecule has 0 spiro atoms. The monoisotopic (exact) mass is 566 g/mol. The number of fused-ring (bicyclic) bond motifs is 1. The summed E-state index contributed by atoms with van der Waals surface area (Å²) in [7, 11) is 0. The molecule has 41 heavy (non-hydrogen) atoms. The van der Waals surface area contributed by atoms with E-state index in [0.717, 1.165) is 89.5 Å². The highest BCUT2D eigenvalue weighted by Gasteiger charge is 2.32. The second kappa shape index (κ2) is 12.5. The van der Waals surface area contributed by atoms with E-state index in [-0.39, 0.29) is 23.8 Å². The van der Waals surface area contributed by atoms with Gasteiger partial charge in [0.1, 0.15) is 34.4 Å². The molecule has 0 atom stereocenters. The summed E-state index contributed by atoms with van der Waals surface area (Å²) in [6.45, 7) is 1.98. The van der Waals surface area contributed by atoms with E-state index in [9.17, 15) is 18.7 Å². The van der Waals surface area contributed by atoms with Gasteiger partial charge in [-0.15, -0.1) is 0 Å². The average Bonchev–Trinajstić information content (AvgIpc) is 3.34. The van der Waals surface area contributed by atoms with Crippen LogP contribution < -0.4 is 10.6 Å². The standard InChI is InChI=1S/C31H40F2N6O2/c32-24-2-1-3-25(33)29(24)38-31-36-26-18-35-28(17-19-4-10-23(40)11-5-19)37-30(26)39(31)22-8-6-21(7-9-22)27(41)16-20-12-14-34-15-13-20/h1-3,18-23,34,40H,4-17H2,(H,36,38). The number of Topliss-reactive ketones (excluding diaryl/α,β-unsaturated/α-hetero) is 1. The van der Waals surface area contributed by atoms with Gasteiger partial charge < -0.3 is 15.7 Å². The average molecular weight is 567 g/mol. The van der Waals surface area contributed by atoms with E-state index in [0.29, 0.717) is 41.2 Å². The van der Waals surface area contributed by atoms with Crippen LogP contribution in [0.15, 0.2) is 24.4 Å². The smallest absolute Gasteiger partial charge is 0.210 e. The number of anilines is 2. The van der Waals surface area contributed by atoms with Crippen molar-refractivity contribution < 1.29 is 18.7 Å². The van der Waals surface area contributed by atoms with Crippen molar-refractivity contribution in [3.8, 4) is 0 Å². The van der Waals surface area contributed by atoms with E-state index in [1.165, 1.54) is 18.2 Å². The maximum Gasteiger partial charge on any atom is 0.210 e. The van der Waals surface area contributed by atoms with Crippen molar-refractivity contribution in [1.29, 1.82) is 0 Å². The maximum atomic E-state index is 14.6. The van der Waals surface area contributed by atoms with Gasteiger partial charge in [-0.3, -0.25) is 9.36 Å². The number of nitrogens with zero attached hydrogens (tertiary/aromatic N) is 4. The number of imidazole rings is 1. The largest absolute Gasteiger partial charge is 0.393 e. The number of aliphatic hydroxyl groups is 1. The number of nitrogens with one attached hydrogen (secondary N) is 2. The van der Waals surface area contributed by atoms with Crippen LogP contribution in [0.5, 0.6) is 0 Å². The molecule has 8 nitrogen and oxygen atoms in total. The molecule has 3 N–H and O–H groups in total. The molecule has 0 amide bonds. The van der Waals surface area contributed by atoms with Crippen LogP contribution in [0.3, 0.4) is 0 Å². The maximum absolute atomic E-state index is 14.6. The third-order valence-electron chi connectivity index (χ3n) is 9.44. The van der Waals surface area contributed by atoms with E-state index in [1.54, 1.807) is 6.20 Å². The Kier molecular flexibility index (Phi) is 8.57. The van der Waals surface area contributed by atoms with E-state index in [1.807, 2.05) is 4.57 Å². The molecule has 220 valence electrons. The van der Waals surface area contributed by atoms with E-state index in [4.69, 9.17) is 4.98 Å². The summed E-state index contributed by atoms with van der Waals surface area (Å²) in [5, 5.41) is 16.2. The Hall–Kier alpha value is -2.98. The van der Waals surface area contributed by atoms with Crippen LogP contribution in [0.2, 0.25) is 0 Å². The van der Waals surface area contributed by atoms with E-state index in [2.05, 4.69) is 20.6 Å². The highest BCUT2D eigenvalue weighted by Crippen LogP contribution is 2.39. The number of carbonyl (C=O) groups excluding carboxylic acids is 1. The number of hydrogen-bond donors (Lipinski definition) is 3. The van der Waals surface area contributed by atoms with Crippen LogP contribution in [-0.4, -0.2) is 49.6 Å². The number of ketones is 1. The molecule has 0 unspecified atom stereocenters. The summed E-state index contributed by atoms with van der Waals surface area (Å²) < 4.78 is 31.2. The number of rotatable bonds is 8. The van der Waals surface area contributed by atoms with Crippen LogP contribution in [0.1, 0.15) is 82.5 Å². The van der Waals surface area contributed by atoms with Crippen LogP contribution >= 0.6 is 0 Å². The number of piperidine rings is 1. The lowest BCUT2D eigenvalue weighted by Gasteiger charge is -2.31. The number of benzene rings is 1. The van der Waals surface area contributed by atoms with Crippen LogP contribution in [0.4, 0.5) is 20.4 Å². The van der Waals surface area contributed by atoms with Crippen molar-refractivity contribution in [2.24, 2.45) is 17.8 Å². The normalized spacial score (nSPS) is 25.8. The Morgan fingerprint density at radius 3 is 2.37 bits per heavy atom. The molecule has 10 heteroatoms. The first-order chi connectivity index (χ1) is 19.9. The summed E-state index contributed by atoms with van der Waals surface area (Å²) in [5.74, 6) is 0.995. The van der Waals surface area contributed by atoms with Crippen molar-refractivity contribution in [3.63, 3.8) is 0 Å². The van der Waals surface area contributed by atoms with Gasteiger partial charge in [0, 0.05) is 24.8 Å². The van der Waals surface area contributed by atoms with Crippen LogP contribution in [-0.2, 0) is 11.2 Å². The van der Waals surface area contributed by atoms with Crippen molar-refractivity contribution in [2.75, 3.05) is 18.4 Å². The van der Waals surface area contributed by atoms with Gasteiger partial charge in [-0.25, -0.2) is 23.7 Å². The minimum atomic E-state index is -0.693. The number of hydrogen-bond acceptors (Lipinski definition) is 7.